The molecule has 1 heterocycles. The van der Waals surface area contributed by atoms with Gasteiger partial charge in [0.2, 0.25) is 15.9 Å². The van der Waals surface area contributed by atoms with E-state index in [1.165, 1.54) is 26.2 Å². The van der Waals surface area contributed by atoms with E-state index in [1.807, 2.05) is 12.1 Å². The smallest absolute Gasteiger partial charge is 0.242 e. The molecule has 10 heteroatoms. The van der Waals surface area contributed by atoms with Gasteiger partial charge in [0.05, 0.1) is 34.1 Å². The van der Waals surface area contributed by atoms with E-state index in [9.17, 15) is 13.2 Å². The molecule has 1 N–H and O–H groups in total. The van der Waals surface area contributed by atoms with E-state index in [-0.39, 0.29) is 23.3 Å². The SMILES string of the molecule is CN(C)S(=O)(=O)c1cccc(CC(=O)NC[C@H]2CN(Cc3ccc(Cl)c(Cl)c3)CCO2)c1. The van der Waals surface area contributed by atoms with Crippen LogP contribution in [0.2, 0.25) is 10.0 Å². The fourth-order valence-electron chi connectivity index (χ4n) is 3.45. The quantitative estimate of drug-likeness (QED) is 0.603. The molecule has 0 bridgehead atoms. The average molecular weight is 500 g/mol. The zero-order valence-electron chi connectivity index (χ0n) is 18.1. The fraction of sp³-hybridized carbons (Fsp3) is 0.409. The number of benzene rings is 2. The number of ether oxygens (including phenoxy) is 1. The number of sulfonamides is 1. The largest absolute Gasteiger partial charge is 0.374 e. The third-order valence-electron chi connectivity index (χ3n) is 5.18. The van der Waals surface area contributed by atoms with Gasteiger partial charge in [-0.05, 0) is 35.4 Å². The lowest BCUT2D eigenvalue weighted by Crippen LogP contribution is -2.47. The summed E-state index contributed by atoms with van der Waals surface area (Å²) in [5.41, 5.74) is 1.70. The molecule has 32 heavy (non-hydrogen) atoms. The van der Waals surface area contributed by atoms with Crippen molar-refractivity contribution in [2.75, 3.05) is 40.3 Å². The molecule has 1 saturated heterocycles. The Morgan fingerprint density at radius 3 is 2.66 bits per heavy atom. The van der Waals surface area contributed by atoms with Crippen LogP contribution in [-0.2, 0) is 32.5 Å². The number of amides is 1. The first kappa shape index (κ1) is 25.0. The molecule has 0 spiro atoms. The predicted molar refractivity (Wildman–Crippen MR) is 126 cm³/mol. The van der Waals surface area contributed by atoms with Crippen LogP contribution < -0.4 is 5.32 Å². The van der Waals surface area contributed by atoms with E-state index in [1.54, 1.807) is 18.2 Å². The molecule has 0 radical (unpaired) electrons. The van der Waals surface area contributed by atoms with Crippen LogP contribution in [0.25, 0.3) is 0 Å². The van der Waals surface area contributed by atoms with Crippen molar-refractivity contribution in [3.05, 3.63) is 63.6 Å². The van der Waals surface area contributed by atoms with E-state index in [0.29, 0.717) is 35.3 Å². The first-order chi connectivity index (χ1) is 15.1. The number of carbonyl (C=O) groups excluding carboxylic acids is 1. The van der Waals surface area contributed by atoms with Gasteiger partial charge in [0.1, 0.15) is 0 Å². The van der Waals surface area contributed by atoms with Crippen LogP contribution in [0.3, 0.4) is 0 Å². The predicted octanol–water partition coefficient (Wildman–Crippen LogP) is 2.80. The van der Waals surface area contributed by atoms with E-state index in [2.05, 4.69) is 10.2 Å². The lowest BCUT2D eigenvalue weighted by molar-refractivity contribution is -0.121. The topological polar surface area (TPSA) is 79.0 Å². The number of nitrogens with zero attached hydrogens (tertiary/aromatic N) is 2. The summed E-state index contributed by atoms with van der Waals surface area (Å²) in [7, 11) is -0.589. The first-order valence-electron chi connectivity index (χ1n) is 10.2. The van der Waals surface area contributed by atoms with Gasteiger partial charge in [-0.25, -0.2) is 12.7 Å². The molecule has 0 unspecified atom stereocenters. The second-order valence-electron chi connectivity index (χ2n) is 7.89. The van der Waals surface area contributed by atoms with Crippen LogP contribution >= 0.6 is 23.2 Å². The molecular formula is C22H27Cl2N3O4S. The monoisotopic (exact) mass is 499 g/mol. The summed E-state index contributed by atoms with van der Waals surface area (Å²) in [5, 5.41) is 3.96. The Bertz CT molecular complexity index is 1060. The molecule has 0 aliphatic carbocycles. The number of nitrogens with one attached hydrogen (secondary N) is 1. The summed E-state index contributed by atoms with van der Waals surface area (Å²) in [4.78, 5) is 14.8. The number of morpholine rings is 1. The maximum absolute atomic E-state index is 12.4. The molecule has 1 aliphatic heterocycles. The molecule has 0 aromatic heterocycles. The second-order valence-corrected chi connectivity index (χ2v) is 10.9. The van der Waals surface area contributed by atoms with E-state index < -0.39 is 10.0 Å². The van der Waals surface area contributed by atoms with Crippen LogP contribution in [0.1, 0.15) is 11.1 Å². The Morgan fingerprint density at radius 2 is 1.94 bits per heavy atom. The summed E-state index contributed by atoms with van der Waals surface area (Å²) in [6.07, 6.45) is -0.0350. The Kier molecular flexibility index (Phi) is 8.55. The normalized spacial score (nSPS) is 17.5. The van der Waals surface area contributed by atoms with Crippen molar-refractivity contribution in [2.45, 2.75) is 24.0 Å². The standard InChI is InChI=1S/C22H27Cl2N3O4S/c1-26(2)32(29,30)19-5-3-4-16(10-19)12-22(28)25-13-18-15-27(8-9-31-18)14-17-6-7-20(23)21(24)11-17/h3-7,10-11,18H,8-9,12-15H2,1-2H3,(H,25,28)/t18-/m0/s1. The van der Waals surface area contributed by atoms with Gasteiger partial charge < -0.3 is 10.1 Å². The van der Waals surface area contributed by atoms with Crippen LogP contribution in [0.15, 0.2) is 47.4 Å². The highest BCUT2D eigenvalue weighted by Gasteiger charge is 2.22. The molecular weight excluding hydrogens is 473 g/mol. The van der Waals surface area contributed by atoms with E-state index in [4.69, 9.17) is 27.9 Å². The maximum Gasteiger partial charge on any atom is 0.242 e. The van der Waals surface area contributed by atoms with Gasteiger partial charge in [-0.1, -0.05) is 41.4 Å². The number of rotatable bonds is 8. The molecule has 2 aromatic carbocycles. The number of hydrogen-bond acceptors (Lipinski definition) is 5. The van der Waals surface area contributed by atoms with Gasteiger partial charge in [-0.3, -0.25) is 9.69 Å². The summed E-state index contributed by atoms with van der Waals surface area (Å²) in [6.45, 7) is 3.14. The minimum absolute atomic E-state index is 0.0937. The molecule has 3 rings (SSSR count). The van der Waals surface area contributed by atoms with Gasteiger partial charge in [0, 0.05) is 40.3 Å². The zero-order valence-corrected chi connectivity index (χ0v) is 20.4. The highest BCUT2D eigenvalue weighted by molar-refractivity contribution is 7.89. The summed E-state index contributed by atoms with van der Waals surface area (Å²) < 4.78 is 31.5. The molecule has 2 aromatic rings. The van der Waals surface area contributed by atoms with Crippen LogP contribution in [-0.4, -0.2) is 70.0 Å². The summed E-state index contributed by atoms with van der Waals surface area (Å²) >= 11 is 12.1. The van der Waals surface area contributed by atoms with Gasteiger partial charge in [0.25, 0.3) is 0 Å². The number of carbonyl (C=O) groups is 1. The lowest BCUT2D eigenvalue weighted by atomic mass is 10.1. The van der Waals surface area contributed by atoms with Gasteiger partial charge in [-0.15, -0.1) is 0 Å². The highest BCUT2D eigenvalue weighted by atomic mass is 35.5. The number of halogens is 2. The molecule has 1 aliphatic rings. The Labute approximate surface area is 199 Å². The van der Waals surface area contributed by atoms with Crippen molar-refractivity contribution >= 4 is 39.1 Å². The van der Waals surface area contributed by atoms with Crippen molar-refractivity contribution in [3.8, 4) is 0 Å². The highest BCUT2D eigenvalue weighted by Crippen LogP contribution is 2.23. The minimum atomic E-state index is -3.54. The van der Waals surface area contributed by atoms with Crippen molar-refractivity contribution in [1.29, 1.82) is 0 Å². The third-order valence-corrected chi connectivity index (χ3v) is 7.73. The van der Waals surface area contributed by atoms with Crippen molar-refractivity contribution in [1.82, 2.24) is 14.5 Å². The molecule has 174 valence electrons. The van der Waals surface area contributed by atoms with Gasteiger partial charge >= 0.3 is 0 Å². The summed E-state index contributed by atoms with van der Waals surface area (Å²) in [6, 6.07) is 12.0. The van der Waals surface area contributed by atoms with Crippen LogP contribution in [0, 0.1) is 0 Å². The third kappa shape index (κ3) is 6.66. The average Bonchev–Trinajstić information content (AvgIpc) is 2.75. The molecule has 1 fully saturated rings. The van der Waals surface area contributed by atoms with Gasteiger partial charge in [0.15, 0.2) is 0 Å². The minimum Gasteiger partial charge on any atom is -0.374 e. The van der Waals surface area contributed by atoms with Crippen molar-refractivity contribution in [2.24, 2.45) is 0 Å². The molecule has 1 amide bonds. The molecule has 0 saturated carbocycles. The maximum atomic E-state index is 12.4. The Morgan fingerprint density at radius 1 is 1.16 bits per heavy atom. The molecule has 7 nitrogen and oxygen atoms in total. The molecule has 1 atom stereocenters. The Balaban J connectivity index is 1.51. The van der Waals surface area contributed by atoms with Crippen molar-refractivity contribution < 1.29 is 17.9 Å². The van der Waals surface area contributed by atoms with E-state index in [0.717, 1.165) is 23.0 Å². The van der Waals surface area contributed by atoms with E-state index >= 15 is 0 Å². The lowest BCUT2D eigenvalue weighted by Gasteiger charge is -2.33. The van der Waals surface area contributed by atoms with Gasteiger partial charge in [-0.2, -0.15) is 0 Å². The van der Waals surface area contributed by atoms with Crippen LogP contribution in [0.5, 0.6) is 0 Å². The fourth-order valence-corrected chi connectivity index (χ4v) is 4.74. The van der Waals surface area contributed by atoms with Crippen LogP contribution in [0.4, 0.5) is 0 Å². The summed E-state index contributed by atoms with van der Waals surface area (Å²) in [5.74, 6) is -0.186. The van der Waals surface area contributed by atoms with Crippen molar-refractivity contribution in [3.63, 3.8) is 0 Å². The number of hydrogen-bond donors (Lipinski definition) is 1. The Hall–Kier alpha value is -1.68. The zero-order chi connectivity index (χ0) is 23.3. The first-order valence-corrected chi connectivity index (χ1v) is 12.4. The second kappa shape index (κ2) is 11.0.